The zero-order valence-electron chi connectivity index (χ0n) is 9.89. The van der Waals surface area contributed by atoms with E-state index in [1.807, 2.05) is 6.07 Å². The van der Waals surface area contributed by atoms with Gasteiger partial charge in [-0.25, -0.2) is 4.79 Å². The van der Waals surface area contributed by atoms with Crippen molar-refractivity contribution < 1.29 is 14.6 Å². The summed E-state index contributed by atoms with van der Waals surface area (Å²) >= 11 is 1.41. The Morgan fingerprint density at radius 1 is 1.65 bits per heavy atom. The van der Waals surface area contributed by atoms with Gasteiger partial charge in [0.25, 0.3) is 0 Å². The molecule has 1 aromatic heterocycles. The maximum Gasteiger partial charge on any atom is 0.348 e. The van der Waals surface area contributed by atoms with E-state index in [4.69, 9.17) is 5.11 Å². The fourth-order valence-electron chi connectivity index (χ4n) is 1.45. The molecule has 1 N–H and O–H groups in total. The highest BCUT2D eigenvalue weighted by atomic mass is 32.1. The van der Waals surface area contributed by atoms with Gasteiger partial charge in [0.2, 0.25) is 0 Å². The largest absolute Gasteiger partial charge is 0.465 e. The summed E-state index contributed by atoms with van der Waals surface area (Å²) in [6, 6.07) is 3.67. The second-order valence-electron chi connectivity index (χ2n) is 3.50. The third-order valence-corrected chi connectivity index (χ3v) is 3.28. The third kappa shape index (κ3) is 4.30. The number of esters is 1. The molecule has 1 aromatic rings. The van der Waals surface area contributed by atoms with Gasteiger partial charge in [0.05, 0.1) is 13.7 Å². The van der Waals surface area contributed by atoms with Gasteiger partial charge in [-0.1, -0.05) is 6.08 Å². The van der Waals surface area contributed by atoms with Crippen LogP contribution in [0.1, 0.15) is 14.5 Å². The smallest absolute Gasteiger partial charge is 0.348 e. The van der Waals surface area contributed by atoms with E-state index in [0.717, 1.165) is 4.88 Å². The predicted molar refractivity (Wildman–Crippen MR) is 68.2 cm³/mol. The van der Waals surface area contributed by atoms with Crippen LogP contribution in [0.3, 0.4) is 0 Å². The molecular weight excluding hydrogens is 238 g/mol. The van der Waals surface area contributed by atoms with E-state index in [2.05, 4.69) is 16.2 Å². The highest BCUT2D eigenvalue weighted by molar-refractivity contribution is 7.13. The molecule has 0 aliphatic rings. The lowest BCUT2D eigenvalue weighted by atomic mass is 10.3. The number of hydrogen-bond acceptors (Lipinski definition) is 5. The van der Waals surface area contributed by atoms with Crippen molar-refractivity contribution in [1.82, 2.24) is 4.90 Å². The van der Waals surface area contributed by atoms with Gasteiger partial charge in [-0.05, 0) is 12.1 Å². The quantitative estimate of drug-likeness (QED) is 0.593. The number of rotatable bonds is 7. The van der Waals surface area contributed by atoms with E-state index in [-0.39, 0.29) is 12.6 Å². The summed E-state index contributed by atoms with van der Waals surface area (Å²) in [5.41, 5.74) is 0. The molecule has 0 radical (unpaired) electrons. The highest BCUT2D eigenvalue weighted by Gasteiger charge is 2.11. The Kier molecular flexibility index (Phi) is 5.90. The summed E-state index contributed by atoms with van der Waals surface area (Å²) in [4.78, 5) is 15.0. The van der Waals surface area contributed by atoms with E-state index >= 15 is 0 Å². The molecule has 17 heavy (non-hydrogen) atoms. The van der Waals surface area contributed by atoms with Crippen LogP contribution < -0.4 is 0 Å². The van der Waals surface area contributed by atoms with Gasteiger partial charge >= 0.3 is 5.97 Å². The van der Waals surface area contributed by atoms with Gasteiger partial charge in [0.1, 0.15) is 4.88 Å². The number of aliphatic hydroxyl groups is 1. The lowest BCUT2D eigenvalue weighted by molar-refractivity contribution is 0.0606. The van der Waals surface area contributed by atoms with Crippen LogP contribution in [0.4, 0.5) is 0 Å². The first-order valence-electron chi connectivity index (χ1n) is 5.32. The topological polar surface area (TPSA) is 49.8 Å². The molecule has 0 atom stereocenters. The maximum absolute atomic E-state index is 11.3. The molecular formula is C12H17NO3S. The number of carbonyl (C=O) groups excluding carboxylic acids is 1. The van der Waals surface area contributed by atoms with Crippen molar-refractivity contribution in [3.05, 3.63) is 34.5 Å². The summed E-state index contributed by atoms with van der Waals surface area (Å²) in [6.07, 6.45) is 1.80. The Bertz CT molecular complexity index is 376. The summed E-state index contributed by atoms with van der Waals surface area (Å²) in [6.45, 7) is 5.80. The minimum absolute atomic E-state index is 0.114. The van der Waals surface area contributed by atoms with Crippen LogP contribution in [-0.2, 0) is 11.3 Å². The number of thiophene rings is 1. The second-order valence-corrected chi connectivity index (χ2v) is 4.67. The SMILES string of the molecule is C=CCN(CCO)Cc1ccc(C(=O)OC)s1. The molecule has 0 saturated heterocycles. The van der Waals surface area contributed by atoms with E-state index in [0.29, 0.717) is 24.5 Å². The van der Waals surface area contributed by atoms with E-state index in [1.54, 1.807) is 12.1 Å². The first-order valence-corrected chi connectivity index (χ1v) is 6.14. The Morgan fingerprint density at radius 3 is 3.00 bits per heavy atom. The monoisotopic (exact) mass is 255 g/mol. The van der Waals surface area contributed by atoms with Crippen molar-refractivity contribution >= 4 is 17.3 Å². The molecule has 1 rings (SSSR count). The molecule has 0 aliphatic heterocycles. The number of hydrogen-bond donors (Lipinski definition) is 1. The second kappa shape index (κ2) is 7.21. The van der Waals surface area contributed by atoms with Crippen molar-refractivity contribution in [2.45, 2.75) is 6.54 Å². The molecule has 94 valence electrons. The van der Waals surface area contributed by atoms with Crippen LogP contribution in [0.25, 0.3) is 0 Å². The summed E-state index contributed by atoms with van der Waals surface area (Å²) < 4.78 is 4.65. The highest BCUT2D eigenvalue weighted by Crippen LogP contribution is 2.19. The summed E-state index contributed by atoms with van der Waals surface area (Å²) in [7, 11) is 1.37. The minimum atomic E-state index is -0.307. The van der Waals surface area contributed by atoms with Crippen LogP contribution in [-0.4, -0.2) is 42.8 Å². The molecule has 0 bridgehead atoms. The number of nitrogens with zero attached hydrogens (tertiary/aromatic N) is 1. The van der Waals surface area contributed by atoms with Crippen molar-refractivity contribution in [3.63, 3.8) is 0 Å². The van der Waals surface area contributed by atoms with E-state index < -0.39 is 0 Å². The first-order chi connectivity index (χ1) is 8.21. The molecule has 0 saturated carbocycles. The number of aliphatic hydroxyl groups excluding tert-OH is 1. The normalized spacial score (nSPS) is 10.5. The van der Waals surface area contributed by atoms with Crippen LogP contribution in [0, 0.1) is 0 Å². The lowest BCUT2D eigenvalue weighted by Gasteiger charge is -2.18. The van der Waals surface area contributed by atoms with Gasteiger partial charge in [0.15, 0.2) is 0 Å². The Hall–Kier alpha value is -1.17. The number of ether oxygens (including phenoxy) is 1. The van der Waals surface area contributed by atoms with Crippen molar-refractivity contribution in [3.8, 4) is 0 Å². The van der Waals surface area contributed by atoms with Crippen molar-refractivity contribution in [1.29, 1.82) is 0 Å². The summed E-state index contributed by atoms with van der Waals surface area (Å²) in [5.74, 6) is -0.307. The van der Waals surface area contributed by atoms with Gasteiger partial charge in [-0.15, -0.1) is 17.9 Å². The number of carbonyl (C=O) groups is 1. The average molecular weight is 255 g/mol. The third-order valence-electron chi connectivity index (χ3n) is 2.23. The molecule has 1 heterocycles. The van der Waals surface area contributed by atoms with Crippen LogP contribution >= 0.6 is 11.3 Å². The molecule has 0 aromatic carbocycles. The van der Waals surface area contributed by atoms with E-state index in [1.165, 1.54) is 18.4 Å². The molecule has 0 aliphatic carbocycles. The first kappa shape index (κ1) is 13.9. The Balaban J connectivity index is 2.62. The fourth-order valence-corrected chi connectivity index (χ4v) is 2.42. The van der Waals surface area contributed by atoms with Crippen molar-refractivity contribution in [2.24, 2.45) is 0 Å². The molecule has 0 unspecified atom stereocenters. The molecule has 0 fully saturated rings. The fraction of sp³-hybridized carbons (Fsp3) is 0.417. The van der Waals surface area contributed by atoms with Crippen LogP contribution in [0.15, 0.2) is 24.8 Å². The van der Waals surface area contributed by atoms with Gasteiger partial charge in [0, 0.05) is 24.5 Å². The molecule has 5 heteroatoms. The number of methoxy groups -OCH3 is 1. The standard InChI is InChI=1S/C12H17NO3S/c1-3-6-13(7-8-14)9-10-4-5-11(17-10)12(15)16-2/h3-5,14H,1,6-9H2,2H3. The molecule has 4 nitrogen and oxygen atoms in total. The van der Waals surface area contributed by atoms with Gasteiger partial charge < -0.3 is 9.84 Å². The Morgan fingerprint density at radius 2 is 2.41 bits per heavy atom. The molecule has 0 spiro atoms. The molecule has 0 amide bonds. The predicted octanol–water partition coefficient (Wildman–Crippen LogP) is 1.52. The zero-order chi connectivity index (χ0) is 12.7. The zero-order valence-corrected chi connectivity index (χ0v) is 10.7. The van der Waals surface area contributed by atoms with Gasteiger partial charge in [-0.2, -0.15) is 0 Å². The van der Waals surface area contributed by atoms with E-state index in [9.17, 15) is 4.79 Å². The van der Waals surface area contributed by atoms with Gasteiger partial charge in [-0.3, -0.25) is 4.90 Å². The van der Waals surface area contributed by atoms with Crippen molar-refractivity contribution in [2.75, 3.05) is 26.8 Å². The Labute approximate surface area is 105 Å². The minimum Gasteiger partial charge on any atom is -0.465 e. The van der Waals surface area contributed by atoms with Crippen LogP contribution in [0.5, 0.6) is 0 Å². The van der Waals surface area contributed by atoms with Crippen LogP contribution in [0.2, 0.25) is 0 Å². The average Bonchev–Trinajstić information content (AvgIpc) is 2.77. The maximum atomic E-state index is 11.3. The summed E-state index contributed by atoms with van der Waals surface area (Å²) in [5, 5.41) is 8.93. The lowest BCUT2D eigenvalue weighted by Crippen LogP contribution is -2.26.